The van der Waals surface area contributed by atoms with Crippen molar-refractivity contribution in [1.82, 2.24) is 10.2 Å². The molecule has 1 atom stereocenters. The number of rotatable bonds is 11. The summed E-state index contributed by atoms with van der Waals surface area (Å²) in [5, 5.41) is 3.06. The Balaban J connectivity index is 1.86. The van der Waals surface area contributed by atoms with Gasteiger partial charge in [-0.3, -0.25) is 13.9 Å². The van der Waals surface area contributed by atoms with E-state index in [-0.39, 0.29) is 18.5 Å². The smallest absolute Gasteiger partial charge is 0.244 e. The molecule has 1 unspecified atom stereocenters. The van der Waals surface area contributed by atoms with E-state index in [1.807, 2.05) is 31.2 Å². The number of carbonyl (C=O) groups excluding carboxylic acids is 2. The summed E-state index contributed by atoms with van der Waals surface area (Å²) in [5.74, 6) is -0.102. The zero-order valence-corrected chi connectivity index (χ0v) is 23.3. The summed E-state index contributed by atoms with van der Waals surface area (Å²) in [7, 11) is -3.78. The zero-order chi connectivity index (χ0) is 26.3. The van der Waals surface area contributed by atoms with Crippen LogP contribution in [0.25, 0.3) is 0 Å². The molecule has 1 N–H and O–H groups in total. The number of ether oxygens (including phenoxy) is 1. The summed E-state index contributed by atoms with van der Waals surface area (Å²) in [5.41, 5.74) is 1.17. The monoisotopic (exact) mass is 579 g/mol. The van der Waals surface area contributed by atoms with Crippen molar-refractivity contribution in [1.29, 1.82) is 0 Å². The van der Waals surface area contributed by atoms with E-state index in [9.17, 15) is 18.0 Å². The maximum atomic E-state index is 13.6. The largest absolute Gasteiger partial charge is 0.494 e. The number of benzene rings is 2. The Morgan fingerprint density at radius 3 is 2.39 bits per heavy atom. The van der Waals surface area contributed by atoms with Gasteiger partial charge >= 0.3 is 0 Å². The highest BCUT2D eigenvalue weighted by Gasteiger charge is 2.31. The van der Waals surface area contributed by atoms with Gasteiger partial charge in [0, 0.05) is 17.1 Å². The fraction of sp³-hybridized carbons (Fsp3) is 0.462. The van der Waals surface area contributed by atoms with Gasteiger partial charge in [-0.15, -0.1) is 0 Å². The average molecular weight is 581 g/mol. The van der Waals surface area contributed by atoms with Gasteiger partial charge in [0.2, 0.25) is 21.8 Å². The van der Waals surface area contributed by atoms with Crippen LogP contribution in [0.2, 0.25) is 0 Å². The van der Waals surface area contributed by atoms with Crippen LogP contribution in [0.15, 0.2) is 53.0 Å². The van der Waals surface area contributed by atoms with Crippen LogP contribution < -0.4 is 14.4 Å². The molecule has 2 aromatic rings. The van der Waals surface area contributed by atoms with E-state index in [1.54, 1.807) is 31.2 Å². The number of sulfonamides is 1. The Bertz CT molecular complexity index is 1150. The van der Waals surface area contributed by atoms with Crippen molar-refractivity contribution < 1.29 is 22.7 Å². The summed E-state index contributed by atoms with van der Waals surface area (Å²) in [6.45, 7) is 3.76. The molecule has 1 aliphatic rings. The molecule has 0 heterocycles. The van der Waals surface area contributed by atoms with Crippen LogP contribution >= 0.6 is 15.9 Å². The van der Waals surface area contributed by atoms with Gasteiger partial charge in [0.25, 0.3) is 0 Å². The first-order chi connectivity index (χ1) is 17.1. The molecule has 3 rings (SSSR count). The Morgan fingerprint density at radius 1 is 1.14 bits per heavy atom. The maximum Gasteiger partial charge on any atom is 0.244 e. The summed E-state index contributed by atoms with van der Waals surface area (Å²) in [6.07, 6.45) is 5.07. The van der Waals surface area contributed by atoms with Gasteiger partial charge in [-0.1, -0.05) is 40.9 Å². The fourth-order valence-corrected chi connectivity index (χ4v) is 5.59. The van der Waals surface area contributed by atoms with Crippen LogP contribution in [0.5, 0.6) is 5.75 Å². The highest BCUT2D eigenvalue weighted by atomic mass is 79.9. The van der Waals surface area contributed by atoms with Gasteiger partial charge in [-0.05, 0) is 68.7 Å². The molecule has 0 radical (unpaired) electrons. The Morgan fingerprint density at radius 2 is 1.81 bits per heavy atom. The van der Waals surface area contributed by atoms with Crippen LogP contribution in [0.1, 0.15) is 45.1 Å². The number of amides is 2. The molecule has 0 spiro atoms. The number of halogens is 1. The third kappa shape index (κ3) is 7.70. The lowest BCUT2D eigenvalue weighted by atomic mass is 10.1. The van der Waals surface area contributed by atoms with Crippen LogP contribution in [-0.4, -0.2) is 56.6 Å². The first kappa shape index (κ1) is 28.0. The molecular weight excluding hydrogens is 546 g/mol. The molecule has 0 saturated heterocycles. The molecule has 36 heavy (non-hydrogen) atoms. The number of nitrogens with one attached hydrogen (secondary N) is 1. The van der Waals surface area contributed by atoms with Crippen molar-refractivity contribution >= 4 is 43.5 Å². The molecule has 10 heteroatoms. The first-order valence-corrected chi connectivity index (χ1v) is 14.8. The third-order valence-electron chi connectivity index (χ3n) is 6.23. The zero-order valence-electron chi connectivity index (χ0n) is 20.9. The highest BCUT2D eigenvalue weighted by Crippen LogP contribution is 2.23. The fourth-order valence-electron chi connectivity index (χ4n) is 4.30. The van der Waals surface area contributed by atoms with Crippen LogP contribution in [-0.2, 0) is 26.2 Å². The minimum absolute atomic E-state index is 0.110. The van der Waals surface area contributed by atoms with Gasteiger partial charge in [0.05, 0.1) is 18.6 Å². The normalized spacial score (nSPS) is 14.8. The van der Waals surface area contributed by atoms with Crippen molar-refractivity contribution in [3.63, 3.8) is 0 Å². The van der Waals surface area contributed by atoms with Crippen LogP contribution in [0, 0.1) is 0 Å². The molecule has 0 aromatic heterocycles. The number of carbonyl (C=O) groups is 2. The third-order valence-corrected chi connectivity index (χ3v) is 7.86. The molecule has 0 aliphatic heterocycles. The maximum absolute atomic E-state index is 13.6. The molecule has 1 saturated carbocycles. The molecule has 196 valence electrons. The first-order valence-electron chi connectivity index (χ1n) is 12.1. The quantitative estimate of drug-likeness (QED) is 0.432. The predicted octanol–water partition coefficient (Wildman–Crippen LogP) is 4.09. The van der Waals surface area contributed by atoms with E-state index in [0.29, 0.717) is 18.0 Å². The van der Waals surface area contributed by atoms with Crippen LogP contribution in [0.4, 0.5) is 5.69 Å². The lowest BCUT2D eigenvalue weighted by Crippen LogP contribution is -2.52. The number of hydrogen-bond acceptors (Lipinski definition) is 5. The van der Waals surface area contributed by atoms with Gasteiger partial charge in [-0.25, -0.2) is 8.42 Å². The van der Waals surface area contributed by atoms with E-state index in [0.717, 1.165) is 46.3 Å². The van der Waals surface area contributed by atoms with Crippen molar-refractivity contribution in [2.75, 3.05) is 23.7 Å². The van der Waals surface area contributed by atoms with E-state index in [2.05, 4.69) is 21.2 Å². The molecule has 0 bridgehead atoms. The second kappa shape index (κ2) is 12.6. The van der Waals surface area contributed by atoms with Crippen molar-refractivity contribution in [3.8, 4) is 5.75 Å². The lowest BCUT2D eigenvalue weighted by Gasteiger charge is -2.32. The lowest BCUT2D eigenvalue weighted by molar-refractivity contribution is -0.139. The molecule has 1 aliphatic carbocycles. The summed E-state index contributed by atoms with van der Waals surface area (Å²) in [6, 6.07) is 13.4. The Hall–Kier alpha value is -2.59. The van der Waals surface area contributed by atoms with Gasteiger partial charge in [-0.2, -0.15) is 0 Å². The van der Waals surface area contributed by atoms with E-state index in [4.69, 9.17) is 4.74 Å². The SMILES string of the molecule is CCOc1ccc(N(CC(=O)N(Cc2cccc(Br)c2)C(C)C(=O)NC2CCCC2)S(C)(=O)=O)cc1. The molecular formula is C26H34BrN3O5S. The molecule has 1 fully saturated rings. The summed E-state index contributed by atoms with van der Waals surface area (Å²) in [4.78, 5) is 28.2. The second-order valence-electron chi connectivity index (χ2n) is 9.01. The number of hydrogen-bond donors (Lipinski definition) is 1. The van der Waals surface area contributed by atoms with Gasteiger partial charge in [0.1, 0.15) is 18.3 Å². The average Bonchev–Trinajstić information content (AvgIpc) is 3.33. The van der Waals surface area contributed by atoms with Gasteiger partial charge in [0.15, 0.2) is 0 Å². The number of anilines is 1. The highest BCUT2D eigenvalue weighted by molar-refractivity contribution is 9.10. The van der Waals surface area contributed by atoms with E-state index < -0.39 is 28.5 Å². The summed E-state index contributed by atoms with van der Waals surface area (Å²) < 4.78 is 32.7. The minimum Gasteiger partial charge on any atom is -0.494 e. The van der Waals surface area contributed by atoms with E-state index in [1.165, 1.54) is 4.90 Å². The van der Waals surface area contributed by atoms with Crippen molar-refractivity contribution in [2.24, 2.45) is 0 Å². The molecule has 2 aromatic carbocycles. The van der Waals surface area contributed by atoms with Gasteiger partial charge < -0.3 is 15.0 Å². The van der Waals surface area contributed by atoms with Crippen LogP contribution in [0.3, 0.4) is 0 Å². The molecule has 2 amide bonds. The van der Waals surface area contributed by atoms with Crippen molar-refractivity contribution in [2.45, 2.75) is 58.2 Å². The van der Waals surface area contributed by atoms with E-state index >= 15 is 0 Å². The predicted molar refractivity (Wildman–Crippen MR) is 144 cm³/mol. The summed E-state index contributed by atoms with van der Waals surface area (Å²) >= 11 is 3.45. The topological polar surface area (TPSA) is 96.0 Å². The Labute approximate surface area is 222 Å². The number of nitrogens with zero attached hydrogens (tertiary/aromatic N) is 2. The minimum atomic E-state index is -3.78. The second-order valence-corrected chi connectivity index (χ2v) is 11.8. The standard InChI is InChI=1S/C26H34BrN3O5S/c1-4-35-24-14-12-23(13-15-24)30(36(3,33)34)18-25(31)29(17-20-8-7-9-21(27)16-20)19(2)26(32)28-22-10-5-6-11-22/h7-9,12-16,19,22H,4-6,10-11,17-18H2,1-3H3,(H,28,32). The molecule has 8 nitrogen and oxygen atoms in total. The van der Waals surface area contributed by atoms with Crippen molar-refractivity contribution in [3.05, 3.63) is 58.6 Å². The Kier molecular flexibility index (Phi) is 9.78.